The van der Waals surface area contributed by atoms with Crippen LogP contribution >= 0.6 is 11.6 Å². The van der Waals surface area contributed by atoms with Crippen LogP contribution in [0.15, 0.2) is 72.8 Å². The van der Waals surface area contributed by atoms with Crippen LogP contribution in [0.5, 0.6) is 0 Å². The van der Waals surface area contributed by atoms with Gasteiger partial charge in [0.25, 0.3) is 0 Å². The summed E-state index contributed by atoms with van der Waals surface area (Å²) in [7, 11) is 0. The molecule has 0 amide bonds. The summed E-state index contributed by atoms with van der Waals surface area (Å²) >= 11 is 6.46. The highest BCUT2D eigenvalue weighted by molar-refractivity contribution is 6.31. The van der Waals surface area contributed by atoms with E-state index in [1.54, 1.807) is 12.1 Å². The SMILES string of the molecule is CCc1ccc(C2=C[C@@H](c3c(F)cccc3Cl)n3c(nc4ccccc43)N2)cc1. The number of rotatable bonds is 3. The minimum atomic E-state index is -0.409. The second-order valence-electron chi connectivity index (χ2n) is 7.13. The number of aryl methyl sites for hydroxylation is 1. The van der Waals surface area contributed by atoms with Crippen molar-refractivity contribution in [2.75, 3.05) is 5.32 Å². The molecule has 3 nitrogen and oxygen atoms in total. The molecule has 0 unspecified atom stereocenters. The van der Waals surface area contributed by atoms with Crippen LogP contribution in [-0.4, -0.2) is 9.55 Å². The van der Waals surface area contributed by atoms with Gasteiger partial charge >= 0.3 is 0 Å². The predicted octanol–water partition coefficient (Wildman–Crippen LogP) is 6.45. The van der Waals surface area contributed by atoms with Crippen molar-refractivity contribution >= 4 is 34.3 Å². The molecular formula is C24H19ClFN3. The molecule has 1 atom stereocenters. The molecule has 144 valence electrons. The summed E-state index contributed by atoms with van der Waals surface area (Å²) in [6.45, 7) is 2.13. The van der Waals surface area contributed by atoms with E-state index in [-0.39, 0.29) is 5.82 Å². The van der Waals surface area contributed by atoms with Gasteiger partial charge in [-0.05, 0) is 47.9 Å². The number of allylic oxidation sites excluding steroid dienone is 1. The van der Waals surface area contributed by atoms with Crippen LogP contribution in [0, 0.1) is 5.82 Å². The highest BCUT2D eigenvalue weighted by Crippen LogP contribution is 2.40. The first-order valence-electron chi connectivity index (χ1n) is 9.64. The molecular weight excluding hydrogens is 385 g/mol. The molecule has 1 aliphatic heterocycles. The molecule has 3 aromatic carbocycles. The summed E-state index contributed by atoms with van der Waals surface area (Å²) in [5.41, 5.74) is 5.41. The maximum Gasteiger partial charge on any atom is 0.209 e. The van der Waals surface area contributed by atoms with Crippen molar-refractivity contribution in [1.29, 1.82) is 0 Å². The first kappa shape index (κ1) is 18.0. The van der Waals surface area contributed by atoms with Gasteiger partial charge in [-0.2, -0.15) is 0 Å². The number of hydrogen-bond donors (Lipinski definition) is 1. The minimum absolute atomic E-state index is 0.329. The Labute approximate surface area is 173 Å². The van der Waals surface area contributed by atoms with Gasteiger partial charge < -0.3 is 5.32 Å². The molecule has 0 fully saturated rings. The van der Waals surface area contributed by atoms with E-state index in [0.717, 1.165) is 28.7 Å². The number of nitrogens with one attached hydrogen (secondary N) is 1. The van der Waals surface area contributed by atoms with E-state index in [0.29, 0.717) is 16.5 Å². The minimum Gasteiger partial charge on any atom is -0.325 e. The molecule has 0 saturated heterocycles. The fourth-order valence-electron chi connectivity index (χ4n) is 3.90. The quantitative estimate of drug-likeness (QED) is 0.426. The second kappa shape index (κ2) is 7.05. The molecule has 4 aromatic rings. The van der Waals surface area contributed by atoms with E-state index in [4.69, 9.17) is 16.6 Å². The largest absolute Gasteiger partial charge is 0.325 e. The van der Waals surface area contributed by atoms with Gasteiger partial charge in [-0.25, -0.2) is 9.37 Å². The Balaban J connectivity index is 1.73. The zero-order valence-electron chi connectivity index (χ0n) is 15.9. The molecule has 2 heterocycles. The van der Waals surface area contributed by atoms with Crippen molar-refractivity contribution in [1.82, 2.24) is 9.55 Å². The molecule has 0 bridgehead atoms. The van der Waals surface area contributed by atoms with Gasteiger partial charge in [-0.15, -0.1) is 0 Å². The van der Waals surface area contributed by atoms with E-state index in [1.807, 2.05) is 34.9 Å². The maximum absolute atomic E-state index is 14.9. The number of halogens is 2. The Morgan fingerprint density at radius 3 is 2.59 bits per heavy atom. The third kappa shape index (κ3) is 3.00. The molecule has 29 heavy (non-hydrogen) atoms. The average molecular weight is 404 g/mol. The van der Waals surface area contributed by atoms with E-state index in [1.165, 1.54) is 11.6 Å². The van der Waals surface area contributed by atoms with Crippen LogP contribution in [0.25, 0.3) is 16.7 Å². The van der Waals surface area contributed by atoms with Crippen molar-refractivity contribution in [2.45, 2.75) is 19.4 Å². The zero-order chi connectivity index (χ0) is 20.0. The molecule has 5 rings (SSSR count). The summed E-state index contributed by atoms with van der Waals surface area (Å²) in [6, 6.07) is 20.6. The summed E-state index contributed by atoms with van der Waals surface area (Å²) in [5.74, 6) is 0.345. The normalized spacial score (nSPS) is 15.7. The van der Waals surface area contributed by atoms with Gasteiger partial charge in [0, 0.05) is 16.3 Å². The Kier molecular flexibility index (Phi) is 4.36. The zero-order valence-corrected chi connectivity index (χ0v) is 16.6. The lowest BCUT2D eigenvalue weighted by Gasteiger charge is -2.27. The molecule has 0 saturated carbocycles. The van der Waals surface area contributed by atoms with Crippen LogP contribution in [-0.2, 0) is 6.42 Å². The van der Waals surface area contributed by atoms with Crippen molar-refractivity contribution in [2.24, 2.45) is 0 Å². The fourth-order valence-corrected chi connectivity index (χ4v) is 4.18. The number of anilines is 1. The molecule has 1 aliphatic rings. The summed E-state index contributed by atoms with van der Waals surface area (Å²) < 4.78 is 16.9. The second-order valence-corrected chi connectivity index (χ2v) is 7.54. The number of imidazole rings is 1. The first-order valence-corrected chi connectivity index (χ1v) is 10.0. The van der Waals surface area contributed by atoms with Crippen LogP contribution in [0.1, 0.15) is 29.7 Å². The van der Waals surface area contributed by atoms with Crippen molar-refractivity contribution in [3.63, 3.8) is 0 Å². The topological polar surface area (TPSA) is 29.9 Å². The maximum atomic E-state index is 14.9. The van der Waals surface area contributed by atoms with E-state index < -0.39 is 6.04 Å². The standard InChI is InChI=1S/C24H19ClFN3/c1-2-15-10-12-16(13-11-15)20-14-22(23-17(25)6-5-7-18(23)26)29-21-9-4-3-8-19(21)27-24(29)28-20/h3-14,22H,2H2,1H3,(H,27,28)/t22-/m0/s1. The lowest BCUT2D eigenvalue weighted by atomic mass is 9.99. The van der Waals surface area contributed by atoms with Gasteiger partial charge in [-0.1, -0.05) is 61.0 Å². The Morgan fingerprint density at radius 2 is 1.83 bits per heavy atom. The molecule has 5 heteroatoms. The predicted molar refractivity (Wildman–Crippen MR) is 117 cm³/mol. The number of fused-ring (bicyclic) bond motifs is 3. The van der Waals surface area contributed by atoms with Crippen molar-refractivity contribution in [3.05, 3.63) is 100 Å². The van der Waals surface area contributed by atoms with Crippen LogP contribution in [0.2, 0.25) is 5.02 Å². The number of nitrogens with zero attached hydrogens (tertiary/aromatic N) is 2. The van der Waals surface area contributed by atoms with Gasteiger partial charge in [-0.3, -0.25) is 4.57 Å². The third-order valence-electron chi connectivity index (χ3n) is 5.41. The van der Waals surface area contributed by atoms with E-state index in [9.17, 15) is 4.39 Å². The van der Waals surface area contributed by atoms with Crippen LogP contribution in [0.4, 0.5) is 10.3 Å². The lowest BCUT2D eigenvalue weighted by Crippen LogP contribution is -2.20. The number of aromatic nitrogens is 2. The Morgan fingerprint density at radius 1 is 1.03 bits per heavy atom. The Bertz CT molecular complexity index is 1220. The number of para-hydroxylation sites is 2. The highest BCUT2D eigenvalue weighted by Gasteiger charge is 2.28. The van der Waals surface area contributed by atoms with E-state index >= 15 is 0 Å². The summed E-state index contributed by atoms with van der Waals surface area (Å²) in [4.78, 5) is 4.74. The lowest BCUT2D eigenvalue weighted by molar-refractivity contribution is 0.584. The van der Waals surface area contributed by atoms with E-state index in [2.05, 4.69) is 36.5 Å². The van der Waals surface area contributed by atoms with Gasteiger partial charge in [0.15, 0.2) is 0 Å². The smallest absolute Gasteiger partial charge is 0.209 e. The summed E-state index contributed by atoms with van der Waals surface area (Å²) in [5, 5.41) is 3.83. The van der Waals surface area contributed by atoms with Crippen molar-refractivity contribution < 1.29 is 4.39 Å². The van der Waals surface area contributed by atoms with Crippen molar-refractivity contribution in [3.8, 4) is 0 Å². The van der Waals surface area contributed by atoms with Gasteiger partial charge in [0.2, 0.25) is 5.95 Å². The number of hydrogen-bond acceptors (Lipinski definition) is 2. The monoisotopic (exact) mass is 403 g/mol. The molecule has 0 aliphatic carbocycles. The third-order valence-corrected chi connectivity index (χ3v) is 5.74. The van der Waals surface area contributed by atoms with Crippen LogP contribution < -0.4 is 5.32 Å². The molecule has 0 spiro atoms. The molecule has 1 N–H and O–H groups in total. The highest BCUT2D eigenvalue weighted by atomic mass is 35.5. The molecule has 1 aromatic heterocycles. The summed E-state index contributed by atoms with van der Waals surface area (Å²) in [6.07, 6.45) is 3.00. The number of benzene rings is 3. The Hall–Kier alpha value is -3.11. The van der Waals surface area contributed by atoms with Crippen LogP contribution in [0.3, 0.4) is 0 Å². The fraction of sp³-hybridized carbons (Fsp3) is 0.125. The molecule has 0 radical (unpaired) electrons. The first-order chi connectivity index (χ1) is 14.2. The van der Waals surface area contributed by atoms with Gasteiger partial charge in [0.1, 0.15) is 5.82 Å². The average Bonchev–Trinajstić information content (AvgIpc) is 3.12. The van der Waals surface area contributed by atoms with Gasteiger partial charge in [0.05, 0.1) is 17.1 Å².